The molecule has 158 valence electrons. The average Bonchev–Trinajstić information content (AvgIpc) is 3.27. The minimum Gasteiger partial charge on any atom is -0.376 e. The maximum atomic E-state index is 12.5. The van der Waals surface area contributed by atoms with E-state index < -0.39 is 0 Å². The van der Waals surface area contributed by atoms with Crippen LogP contribution >= 0.6 is 0 Å². The Labute approximate surface area is 176 Å². The highest BCUT2D eigenvalue weighted by Crippen LogP contribution is 2.17. The molecular weight excluding hydrogens is 380 g/mol. The standard InChI is InChI=1S/C23H28N4O3/c1-2-7-21(28)25-20-11-6-9-18(15-20)24-16-22(29)26-19-10-5-8-17(14-19)23(30)27-12-3-4-13-27/h5-6,8-11,14-15,24H,2-4,7,12-13,16H2,1H3,(H,25,28)(H,26,29). The fraction of sp³-hybridized carbons (Fsp3) is 0.348. The van der Waals surface area contributed by atoms with Crippen LogP contribution in [-0.4, -0.2) is 42.3 Å². The van der Waals surface area contributed by atoms with Gasteiger partial charge in [-0.25, -0.2) is 0 Å². The van der Waals surface area contributed by atoms with E-state index in [9.17, 15) is 14.4 Å². The first-order valence-corrected chi connectivity index (χ1v) is 10.4. The second-order valence-corrected chi connectivity index (χ2v) is 7.36. The highest BCUT2D eigenvalue weighted by molar-refractivity contribution is 5.98. The lowest BCUT2D eigenvalue weighted by atomic mass is 10.1. The molecule has 3 N–H and O–H groups in total. The van der Waals surface area contributed by atoms with Crippen LogP contribution in [0.1, 0.15) is 43.0 Å². The van der Waals surface area contributed by atoms with Crippen molar-refractivity contribution >= 4 is 34.8 Å². The maximum absolute atomic E-state index is 12.5. The number of rotatable bonds is 8. The van der Waals surface area contributed by atoms with Crippen molar-refractivity contribution in [2.45, 2.75) is 32.6 Å². The van der Waals surface area contributed by atoms with Gasteiger partial charge < -0.3 is 20.9 Å². The van der Waals surface area contributed by atoms with Crippen LogP contribution in [0, 0.1) is 0 Å². The largest absolute Gasteiger partial charge is 0.376 e. The zero-order valence-electron chi connectivity index (χ0n) is 17.2. The molecule has 1 saturated heterocycles. The summed E-state index contributed by atoms with van der Waals surface area (Å²) in [5.41, 5.74) is 2.59. The van der Waals surface area contributed by atoms with Gasteiger partial charge in [-0.05, 0) is 55.7 Å². The molecular formula is C23H28N4O3. The predicted molar refractivity (Wildman–Crippen MR) is 119 cm³/mol. The molecule has 3 rings (SSSR count). The second kappa shape index (κ2) is 10.4. The van der Waals surface area contributed by atoms with Crippen molar-refractivity contribution in [3.05, 3.63) is 54.1 Å². The Kier molecular flexibility index (Phi) is 7.43. The third-order valence-corrected chi connectivity index (χ3v) is 4.86. The molecule has 0 unspecified atom stereocenters. The van der Waals surface area contributed by atoms with Gasteiger partial charge in [0.15, 0.2) is 0 Å². The van der Waals surface area contributed by atoms with Crippen LogP contribution in [0.25, 0.3) is 0 Å². The van der Waals surface area contributed by atoms with Crippen molar-refractivity contribution in [3.8, 4) is 0 Å². The van der Waals surface area contributed by atoms with E-state index in [-0.39, 0.29) is 24.3 Å². The van der Waals surface area contributed by atoms with E-state index in [0.717, 1.165) is 38.0 Å². The summed E-state index contributed by atoms with van der Waals surface area (Å²) in [6.07, 6.45) is 3.34. The lowest BCUT2D eigenvalue weighted by Crippen LogP contribution is -2.27. The molecule has 0 radical (unpaired) electrons. The summed E-state index contributed by atoms with van der Waals surface area (Å²) in [7, 11) is 0. The summed E-state index contributed by atoms with van der Waals surface area (Å²) >= 11 is 0. The van der Waals surface area contributed by atoms with E-state index in [2.05, 4.69) is 16.0 Å². The van der Waals surface area contributed by atoms with Gasteiger partial charge in [0.1, 0.15) is 0 Å². The van der Waals surface area contributed by atoms with Crippen molar-refractivity contribution in [1.82, 2.24) is 4.90 Å². The van der Waals surface area contributed by atoms with Gasteiger partial charge in [0.25, 0.3) is 5.91 Å². The number of carbonyl (C=O) groups is 3. The summed E-state index contributed by atoms with van der Waals surface area (Å²) in [5.74, 6) is -0.249. The first kappa shape index (κ1) is 21.4. The Morgan fingerprint density at radius 1 is 0.867 bits per heavy atom. The number of carbonyl (C=O) groups excluding carboxylic acids is 3. The number of hydrogen-bond donors (Lipinski definition) is 3. The van der Waals surface area contributed by atoms with Crippen LogP contribution in [0.5, 0.6) is 0 Å². The third-order valence-electron chi connectivity index (χ3n) is 4.86. The van der Waals surface area contributed by atoms with Crippen LogP contribution in [0.15, 0.2) is 48.5 Å². The van der Waals surface area contributed by atoms with Crippen molar-refractivity contribution in [3.63, 3.8) is 0 Å². The lowest BCUT2D eigenvalue weighted by Gasteiger charge is -2.16. The molecule has 30 heavy (non-hydrogen) atoms. The molecule has 1 aliphatic rings. The Morgan fingerprint density at radius 3 is 2.23 bits per heavy atom. The first-order chi connectivity index (χ1) is 14.5. The van der Waals surface area contributed by atoms with E-state index >= 15 is 0 Å². The molecule has 1 heterocycles. The lowest BCUT2D eigenvalue weighted by molar-refractivity contribution is -0.116. The molecule has 0 atom stereocenters. The number of nitrogens with zero attached hydrogens (tertiary/aromatic N) is 1. The summed E-state index contributed by atoms with van der Waals surface area (Å²) in [4.78, 5) is 38.4. The number of amides is 3. The molecule has 2 aromatic carbocycles. The normalized spacial score (nSPS) is 13.0. The van der Waals surface area contributed by atoms with E-state index in [0.29, 0.717) is 23.4 Å². The van der Waals surface area contributed by atoms with Crippen LogP contribution in [0.4, 0.5) is 17.1 Å². The van der Waals surface area contributed by atoms with Gasteiger partial charge in [-0.3, -0.25) is 14.4 Å². The molecule has 0 aliphatic carbocycles. The van der Waals surface area contributed by atoms with Crippen LogP contribution < -0.4 is 16.0 Å². The fourth-order valence-electron chi connectivity index (χ4n) is 3.38. The minimum absolute atomic E-state index is 0.00339. The van der Waals surface area contributed by atoms with Crippen LogP contribution in [0.3, 0.4) is 0 Å². The molecule has 0 aromatic heterocycles. The molecule has 0 bridgehead atoms. The van der Waals surface area contributed by atoms with Crippen molar-refractivity contribution < 1.29 is 14.4 Å². The summed E-state index contributed by atoms with van der Waals surface area (Å²) in [6.45, 7) is 3.60. The topological polar surface area (TPSA) is 90.5 Å². The molecule has 7 nitrogen and oxygen atoms in total. The number of hydrogen-bond acceptors (Lipinski definition) is 4. The zero-order valence-corrected chi connectivity index (χ0v) is 17.2. The molecule has 1 aliphatic heterocycles. The summed E-state index contributed by atoms with van der Waals surface area (Å²) in [5, 5.41) is 8.71. The first-order valence-electron chi connectivity index (χ1n) is 10.4. The third kappa shape index (κ3) is 6.07. The van der Waals surface area contributed by atoms with Gasteiger partial charge in [0, 0.05) is 42.1 Å². The number of benzene rings is 2. The number of likely N-dealkylation sites (tertiary alicyclic amines) is 1. The van der Waals surface area contributed by atoms with Gasteiger partial charge in [-0.1, -0.05) is 19.1 Å². The predicted octanol–water partition coefficient (Wildman–Crippen LogP) is 3.71. The SMILES string of the molecule is CCCC(=O)Nc1cccc(NCC(=O)Nc2cccc(C(=O)N3CCCC3)c2)c1. The Morgan fingerprint density at radius 2 is 1.50 bits per heavy atom. The summed E-state index contributed by atoms with van der Waals surface area (Å²) in [6, 6.07) is 14.3. The Balaban J connectivity index is 1.53. The highest BCUT2D eigenvalue weighted by atomic mass is 16.2. The van der Waals surface area contributed by atoms with Gasteiger partial charge in [-0.15, -0.1) is 0 Å². The van der Waals surface area contributed by atoms with Crippen molar-refractivity contribution in [1.29, 1.82) is 0 Å². The van der Waals surface area contributed by atoms with Crippen LogP contribution in [-0.2, 0) is 9.59 Å². The zero-order chi connectivity index (χ0) is 21.3. The minimum atomic E-state index is -0.221. The van der Waals surface area contributed by atoms with Gasteiger partial charge in [0.05, 0.1) is 6.54 Å². The monoisotopic (exact) mass is 408 g/mol. The number of anilines is 3. The molecule has 7 heteroatoms. The second-order valence-electron chi connectivity index (χ2n) is 7.36. The average molecular weight is 409 g/mol. The molecule has 0 saturated carbocycles. The molecule has 1 fully saturated rings. The van der Waals surface area contributed by atoms with Crippen molar-refractivity contribution in [2.75, 3.05) is 35.6 Å². The fourth-order valence-corrected chi connectivity index (χ4v) is 3.38. The highest BCUT2D eigenvalue weighted by Gasteiger charge is 2.19. The van der Waals surface area contributed by atoms with E-state index in [1.807, 2.05) is 30.0 Å². The molecule has 2 aromatic rings. The quantitative estimate of drug-likeness (QED) is 0.621. The Hall–Kier alpha value is -3.35. The van der Waals surface area contributed by atoms with Crippen LogP contribution in [0.2, 0.25) is 0 Å². The van der Waals surface area contributed by atoms with Gasteiger partial charge >= 0.3 is 0 Å². The van der Waals surface area contributed by atoms with E-state index in [1.165, 1.54) is 0 Å². The smallest absolute Gasteiger partial charge is 0.253 e. The van der Waals surface area contributed by atoms with Crippen molar-refractivity contribution in [2.24, 2.45) is 0 Å². The van der Waals surface area contributed by atoms with E-state index in [4.69, 9.17) is 0 Å². The number of nitrogens with one attached hydrogen (secondary N) is 3. The van der Waals surface area contributed by atoms with Gasteiger partial charge in [0.2, 0.25) is 11.8 Å². The maximum Gasteiger partial charge on any atom is 0.253 e. The van der Waals surface area contributed by atoms with E-state index in [1.54, 1.807) is 30.3 Å². The summed E-state index contributed by atoms with van der Waals surface area (Å²) < 4.78 is 0. The van der Waals surface area contributed by atoms with Gasteiger partial charge in [-0.2, -0.15) is 0 Å². The Bertz CT molecular complexity index is 907. The molecule has 3 amide bonds. The molecule has 0 spiro atoms.